The third-order valence-corrected chi connectivity index (χ3v) is 14.3. The van der Waals surface area contributed by atoms with Crippen LogP contribution < -0.4 is 29.3 Å². The van der Waals surface area contributed by atoms with Crippen molar-refractivity contribution in [2.45, 2.75) is 44.2 Å². The maximum atomic E-state index is 16.0. The molecule has 370 valence electrons. The molecule has 3 fully saturated rings. The van der Waals surface area contributed by atoms with Gasteiger partial charge in [0.05, 0.1) is 60.4 Å². The van der Waals surface area contributed by atoms with E-state index in [1.165, 1.54) is 28.8 Å². The molecule has 0 spiro atoms. The highest BCUT2D eigenvalue weighted by Crippen LogP contribution is 2.41. The van der Waals surface area contributed by atoms with Gasteiger partial charge in [0.2, 0.25) is 5.91 Å². The van der Waals surface area contributed by atoms with Crippen molar-refractivity contribution in [3.8, 4) is 23.0 Å². The predicted molar refractivity (Wildman–Crippen MR) is 254 cm³/mol. The average molecular weight is 987 g/mol. The number of hydrogen-bond acceptors (Lipinski definition) is 13. The Morgan fingerprint density at radius 2 is 1.66 bits per heavy atom. The molecule has 0 bridgehead atoms. The number of nitrogens with zero attached hydrogens (tertiary/aromatic N) is 7. The van der Waals surface area contributed by atoms with Crippen molar-refractivity contribution in [1.82, 2.24) is 29.8 Å². The minimum Gasteiger partial charge on any atom is -0.493 e. The SMILES string of the molecule is CCOc1cc([C@@H](CS(C)(=O)=O)N2C(=O)c3cccc(N4CCN([C@@H]5CCN(CCc6ccc(Oc7cc8c(cc7F)c(N7CCC(=O)NC7=O)nn8C)cc6)CC5(F)F)CC4)c3C2=O)ccc1OC. The van der Waals surface area contributed by atoms with Crippen LogP contribution in [-0.4, -0.2) is 147 Å². The monoisotopic (exact) mass is 986 g/mol. The molecule has 70 heavy (non-hydrogen) atoms. The van der Waals surface area contributed by atoms with Crippen LogP contribution >= 0.6 is 0 Å². The second-order valence-corrected chi connectivity index (χ2v) is 20.2. The van der Waals surface area contributed by atoms with Gasteiger partial charge >= 0.3 is 6.03 Å². The standard InChI is InChI=1S/C49H53F3N8O9S/c1-5-68-41-25-31(11-14-39(41)67-3)38(28-70(4,65)66)60-46(62)33-7-6-8-36(44(33)47(60)63)57-21-23-58(24-22-57)42-16-19-56(29-49(42,51)52)18-15-30-9-12-32(13-10-30)69-40-27-37-34(26-35(40)50)45(54-55(37)2)59-20-17-43(61)53-48(59)64/h6-14,25-27,38,42H,5,15-24,28-29H2,1-4H3,(H,53,61,64)/t38-,42-/m1/s1. The summed E-state index contributed by atoms with van der Waals surface area (Å²) in [6.45, 7) is 3.90. The summed E-state index contributed by atoms with van der Waals surface area (Å²) in [6.07, 6.45) is 1.89. The number of ether oxygens (including phenoxy) is 3. The zero-order chi connectivity index (χ0) is 49.6. The fraction of sp³-hybridized carbons (Fsp3) is 0.408. The molecule has 5 amide bonds. The zero-order valence-corrected chi connectivity index (χ0v) is 39.9. The number of hydrogen-bond donors (Lipinski definition) is 1. The van der Waals surface area contributed by atoms with Gasteiger partial charge in [-0.25, -0.2) is 26.4 Å². The Balaban J connectivity index is 0.800. The fourth-order valence-corrected chi connectivity index (χ4v) is 10.9. The largest absolute Gasteiger partial charge is 0.493 e. The number of piperazine rings is 1. The lowest BCUT2D eigenvalue weighted by Gasteiger charge is -2.46. The molecule has 4 aromatic carbocycles. The molecule has 21 heteroatoms. The number of sulfone groups is 1. The van der Waals surface area contributed by atoms with E-state index in [0.717, 1.165) is 16.7 Å². The number of aryl methyl sites for hydroxylation is 1. The summed E-state index contributed by atoms with van der Waals surface area (Å²) >= 11 is 0. The number of methoxy groups -OCH3 is 1. The molecule has 5 heterocycles. The molecule has 3 saturated heterocycles. The van der Waals surface area contributed by atoms with Gasteiger partial charge in [0.25, 0.3) is 17.7 Å². The minimum absolute atomic E-state index is 0.0540. The molecule has 1 N–H and O–H groups in total. The first-order valence-electron chi connectivity index (χ1n) is 23.1. The van der Waals surface area contributed by atoms with E-state index in [1.54, 1.807) is 72.3 Å². The van der Waals surface area contributed by atoms with Crippen molar-refractivity contribution in [2.24, 2.45) is 7.05 Å². The smallest absolute Gasteiger partial charge is 0.329 e. The van der Waals surface area contributed by atoms with Gasteiger partial charge in [-0.15, -0.1) is 0 Å². The highest BCUT2D eigenvalue weighted by atomic mass is 32.2. The Morgan fingerprint density at radius 3 is 2.34 bits per heavy atom. The summed E-state index contributed by atoms with van der Waals surface area (Å²) in [5.41, 5.74) is 2.56. The van der Waals surface area contributed by atoms with Crippen LogP contribution in [0.5, 0.6) is 23.0 Å². The number of benzene rings is 4. The van der Waals surface area contributed by atoms with Gasteiger partial charge in [-0.05, 0) is 73.4 Å². The van der Waals surface area contributed by atoms with Crippen LogP contribution in [-0.2, 0) is 28.1 Å². The number of imide groups is 2. The number of anilines is 2. The predicted octanol–water partition coefficient (Wildman–Crippen LogP) is 5.81. The van der Waals surface area contributed by atoms with Crippen LogP contribution in [0.15, 0.2) is 72.8 Å². The Labute approximate surface area is 402 Å². The van der Waals surface area contributed by atoms with Gasteiger partial charge in [0.15, 0.2) is 28.9 Å². The lowest BCUT2D eigenvalue weighted by molar-refractivity contribution is -0.127. The van der Waals surface area contributed by atoms with Crippen molar-refractivity contribution in [2.75, 3.05) is 87.9 Å². The summed E-state index contributed by atoms with van der Waals surface area (Å²) in [7, 11) is -0.583. The molecule has 4 aliphatic rings. The summed E-state index contributed by atoms with van der Waals surface area (Å²) < 4.78 is 91.5. The fourth-order valence-electron chi connectivity index (χ4n) is 9.94. The molecular weight excluding hydrogens is 934 g/mol. The van der Waals surface area contributed by atoms with Crippen molar-refractivity contribution < 1.29 is 55.0 Å². The highest BCUT2D eigenvalue weighted by molar-refractivity contribution is 7.90. The first-order chi connectivity index (χ1) is 33.4. The number of piperidine rings is 1. The quantitative estimate of drug-likeness (QED) is 0.125. The van der Waals surface area contributed by atoms with Crippen LogP contribution in [0.25, 0.3) is 10.9 Å². The number of carbonyl (C=O) groups excluding carboxylic acids is 4. The van der Waals surface area contributed by atoms with Gasteiger partial charge < -0.3 is 19.1 Å². The minimum atomic E-state index is -3.71. The molecule has 2 atom stereocenters. The highest BCUT2D eigenvalue weighted by Gasteiger charge is 2.49. The third kappa shape index (κ3) is 9.61. The van der Waals surface area contributed by atoms with E-state index in [0.29, 0.717) is 91.7 Å². The van der Waals surface area contributed by atoms with Crippen molar-refractivity contribution >= 4 is 56.0 Å². The van der Waals surface area contributed by atoms with E-state index in [4.69, 9.17) is 14.2 Å². The number of carbonyl (C=O) groups is 4. The molecule has 0 unspecified atom stereocenters. The number of likely N-dealkylation sites (tertiary alicyclic amines) is 1. The zero-order valence-electron chi connectivity index (χ0n) is 39.1. The van der Waals surface area contributed by atoms with Crippen molar-refractivity contribution in [1.29, 1.82) is 0 Å². The van der Waals surface area contributed by atoms with Gasteiger partial charge in [0.1, 0.15) is 15.6 Å². The normalized spacial score (nSPS) is 19.4. The topological polar surface area (TPSA) is 176 Å². The number of halogens is 3. The second kappa shape index (κ2) is 19.2. The molecular formula is C49H53F3N8O9S. The van der Waals surface area contributed by atoms with E-state index in [9.17, 15) is 27.6 Å². The molecule has 4 aliphatic heterocycles. The van der Waals surface area contributed by atoms with Crippen LogP contribution in [0.4, 0.5) is 29.5 Å². The summed E-state index contributed by atoms with van der Waals surface area (Å²) in [5, 5.41) is 7.03. The van der Waals surface area contributed by atoms with Crippen LogP contribution in [0.1, 0.15) is 57.7 Å². The molecule has 0 saturated carbocycles. The lowest BCUT2D eigenvalue weighted by Crippen LogP contribution is -2.62. The second-order valence-electron chi connectivity index (χ2n) is 18.0. The van der Waals surface area contributed by atoms with Gasteiger partial charge in [-0.2, -0.15) is 5.10 Å². The first kappa shape index (κ1) is 48.3. The average Bonchev–Trinajstić information content (AvgIpc) is 3.77. The Hall–Kier alpha value is -6.71. The van der Waals surface area contributed by atoms with Gasteiger partial charge in [-0.1, -0.05) is 24.3 Å². The number of alkyl halides is 2. The Morgan fingerprint density at radius 1 is 0.900 bits per heavy atom. The molecule has 9 rings (SSSR count). The van der Waals surface area contributed by atoms with E-state index in [1.807, 2.05) is 17.0 Å². The number of urea groups is 1. The number of nitrogens with one attached hydrogen (secondary N) is 1. The number of amides is 5. The first-order valence-corrected chi connectivity index (χ1v) is 25.1. The van der Waals surface area contributed by atoms with Crippen LogP contribution in [0, 0.1) is 5.82 Å². The van der Waals surface area contributed by atoms with E-state index in [-0.39, 0.29) is 42.1 Å². The summed E-state index contributed by atoms with van der Waals surface area (Å²) in [4.78, 5) is 60.3. The van der Waals surface area contributed by atoms with E-state index in [2.05, 4.69) is 10.4 Å². The molecule has 1 aromatic heterocycles. The number of fused-ring (bicyclic) bond motifs is 2. The molecule has 17 nitrogen and oxygen atoms in total. The van der Waals surface area contributed by atoms with E-state index >= 15 is 13.2 Å². The Bertz CT molecular complexity index is 2980. The summed E-state index contributed by atoms with van der Waals surface area (Å²) in [5.74, 6) is -4.57. The Kier molecular flexibility index (Phi) is 13.3. The van der Waals surface area contributed by atoms with Gasteiger partial charge in [-0.3, -0.25) is 44.0 Å². The maximum Gasteiger partial charge on any atom is 0.329 e. The van der Waals surface area contributed by atoms with E-state index < -0.39 is 69.7 Å². The number of aromatic nitrogens is 2. The molecule has 5 aromatic rings. The van der Waals surface area contributed by atoms with Crippen molar-refractivity contribution in [3.63, 3.8) is 0 Å². The van der Waals surface area contributed by atoms with Crippen LogP contribution in [0.3, 0.4) is 0 Å². The van der Waals surface area contributed by atoms with Crippen LogP contribution in [0.2, 0.25) is 0 Å². The molecule has 0 aliphatic carbocycles. The third-order valence-electron chi connectivity index (χ3n) is 13.4. The molecule has 0 radical (unpaired) electrons. The number of rotatable bonds is 15. The van der Waals surface area contributed by atoms with Gasteiger partial charge in [0, 0.05) is 77.0 Å². The summed E-state index contributed by atoms with van der Waals surface area (Å²) in [6, 6.07) is 16.7. The van der Waals surface area contributed by atoms with Crippen molar-refractivity contribution in [3.05, 3.63) is 101 Å². The lowest BCUT2D eigenvalue weighted by atomic mass is 9.97. The maximum absolute atomic E-state index is 16.0.